The highest BCUT2D eigenvalue weighted by Gasteiger charge is 2.27. The van der Waals surface area contributed by atoms with E-state index in [-0.39, 0.29) is 12.6 Å². The second-order valence-electron chi connectivity index (χ2n) is 6.30. The van der Waals surface area contributed by atoms with Gasteiger partial charge < -0.3 is 19.6 Å². The molecule has 20 heavy (non-hydrogen) atoms. The smallest absolute Gasteiger partial charge is 0.410 e. The molecule has 0 radical (unpaired) electrons. The minimum atomic E-state index is -0.397. The number of hydrogen-bond acceptors (Lipinski definition) is 4. The van der Waals surface area contributed by atoms with Crippen LogP contribution < -0.4 is 0 Å². The van der Waals surface area contributed by atoms with Gasteiger partial charge in [-0.15, -0.1) is 0 Å². The molecule has 0 spiro atoms. The summed E-state index contributed by atoms with van der Waals surface area (Å²) in [6, 6.07) is 0. The summed E-state index contributed by atoms with van der Waals surface area (Å²) in [5, 5.41) is 6.89. The van der Waals surface area contributed by atoms with Gasteiger partial charge in [0.1, 0.15) is 5.60 Å². The fourth-order valence-corrected chi connectivity index (χ4v) is 2.22. The van der Waals surface area contributed by atoms with Gasteiger partial charge in [0.2, 0.25) is 0 Å². The fraction of sp³-hybridized carbons (Fsp3) is 0.857. The van der Waals surface area contributed by atoms with Crippen molar-refractivity contribution in [2.45, 2.75) is 39.2 Å². The summed E-state index contributed by atoms with van der Waals surface area (Å²) in [6.07, 6.45) is 2.12. The lowest BCUT2D eigenvalue weighted by atomic mass is 9.98. The lowest BCUT2D eigenvalue weighted by Crippen LogP contribution is -2.44. The maximum Gasteiger partial charge on any atom is 0.410 e. The molecule has 1 aliphatic rings. The normalized spacial score (nSPS) is 19.1. The van der Waals surface area contributed by atoms with Crippen molar-refractivity contribution in [3.8, 4) is 0 Å². The van der Waals surface area contributed by atoms with Crippen LogP contribution in [-0.2, 0) is 9.53 Å². The zero-order valence-corrected chi connectivity index (χ0v) is 13.3. The van der Waals surface area contributed by atoms with Crippen LogP contribution in [0.2, 0.25) is 0 Å². The monoisotopic (exact) mass is 288 g/mol. The summed E-state index contributed by atoms with van der Waals surface area (Å²) in [6.45, 7) is 8.18. The molecule has 0 aliphatic carbocycles. The third-order valence-corrected chi connectivity index (χ3v) is 2.79. The standard InChI is InChI=1S/C13H26N2O2.CH2O2/c1-13(2,3)17-12(16)15-8-6-7-11(10-15)9-14(4)5;2-1-3/h11H,6-10H2,1-5H3;1H,(H,2,3). The number of rotatable bonds is 2. The SMILES string of the molecule is CN(C)CC1CCCN(C(=O)OC(C)(C)C)C1.O=CO. The molecule has 0 aromatic carbocycles. The van der Waals surface area contributed by atoms with Gasteiger partial charge in [-0.1, -0.05) is 0 Å². The first-order chi connectivity index (χ1) is 9.19. The van der Waals surface area contributed by atoms with Gasteiger partial charge in [0, 0.05) is 19.6 Å². The topological polar surface area (TPSA) is 70.1 Å². The van der Waals surface area contributed by atoms with Gasteiger partial charge in [0.25, 0.3) is 6.47 Å². The molecule has 1 unspecified atom stereocenters. The molecule has 1 rings (SSSR count). The number of nitrogens with zero attached hydrogens (tertiary/aromatic N) is 2. The number of hydrogen-bond donors (Lipinski definition) is 1. The second-order valence-corrected chi connectivity index (χ2v) is 6.30. The Morgan fingerprint density at radius 3 is 2.45 bits per heavy atom. The highest BCUT2D eigenvalue weighted by atomic mass is 16.6. The van der Waals surface area contributed by atoms with Gasteiger partial charge in [-0.3, -0.25) is 4.79 Å². The first-order valence-corrected chi connectivity index (χ1v) is 6.90. The average molecular weight is 288 g/mol. The Labute approximate surface area is 121 Å². The van der Waals surface area contributed by atoms with E-state index in [1.807, 2.05) is 25.7 Å². The van der Waals surface area contributed by atoms with Crippen molar-refractivity contribution in [2.75, 3.05) is 33.7 Å². The molecule has 1 heterocycles. The Morgan fingerprint density at radius 1 is 1.45 bits per heavy atom. The molecule has 6 nitrogen and oxygen atoms in total. The van der Waals surface area contributed by atoms with Crippen molar-refractivity contribution < 1.29 is 19.4 Å². The lowest BCUT2D eigenvalue weighted by Gasteiger charge is -2.35. The van der Waals surface area contributed by atoms with E-state index in [2.05, 4.69) is 19.0 Å². The van der Waals surface area contributed by atoms with Crippen LogP contribution in [0.3, 0.4) is 0 Å². The van der Waals surface area contributed by atoms with Crippen LogP contribution in [0, 0.1) is 5.92 Å². The molecule has 1 aliphatic heterocycles. The Kier molecular flexibility index (Phi) is 8.22. The van der Waals surface area contributed by atoms with Crippen LogP contribution in [0.15, 0.2) is 0 Å². The molecule has 0 bridgehead atoms. The van der Waals surface area contributed by atoms with Crippen LogP contribution in [0.1, 0.15) is 33.6 Å². The zero-order valence-electron chi connectivity index (χ0n) is 13.3. The third-order valence-electron chi connectivity index (χ3n) is 2.79. The van der Waals surface area contributed by atoms with Gasteiger partial charge >= 0.3 is 6.09 Å². The minimum absolute atomic E-state index is 0.166. The fourth-order valence-electron chi connectivity index (χ4n) is 2.22. The minimum Gasteiger partial charge on any atom is -0.483 e. The molecular formula is C14H28N2O4. The Hall–Kier alpha value is -1.30. The summed E-state index contributed by atoms with van der Waals surface area (Å²) in [7, 11) is 4.15. The van der Waals surface area contributed by atoms with Gasteiger partial charge in [-0.25, -0.2) is 4.79 Å². The van der Waals surface area contributed by atoms with Crippen LogP contribution in [-0.4, -0.2) is 66.8 Å². The number of piperidine rings is 1. The van der Waals surface area contributed by atoms with E-state index >= 15 is 0 Å². The molecule has 1 atom stereocenters. The largest absolute Gasteiger partial charge is 0.483 e. The summed E-state index contributed by atoms with van der Waals surface area (Å²) in [5.41, 5.74) is -0.397. The number of amides is 1. The quantitative estimate of drug-likeness (QED) is 0.786. The number of carbonyl (C=O) groups is 2. The lowest BCUT2D eigenvalue weighted by molar-refractivity contribution is -0.122. The van der Waals surface area contributed by atoms with E-state index in [0.717, 1.165) is 26.1 Å². The molecule has 1 saturated heterocycles. The highest BCUT2D eigenvalue weighted by molar-refractivity contribution is 5.68. The molecule has 6 heteroatoms. The number of likely N-dealkylation sites (tertiary alicyclic amines) is 1. The van der Waals surface area contributed by atoms with E-state index in [4.69, 9.17) is 14.6 Å². The predicted molar refractivity (Wildman–Crippen MR) is 77.8 cm³/mol. The van der Waals surface area contributed by atoms with E-state index in [0.29, 0.717) is 5.92 Å². The molecule has 1 amide bonds. The summed E-state index contributed by atoms with van der Waals surface area (Å²) >= 11 is 0. The maximum absolute atomic E-state index is 11.9. The third kappa shape index (κ3) is 8.74. The Morgan fingerprint density at radius 2 is 2.00 bits per heavy atom. The van der Waals surface area contributed by atoms with Crippen LogP contribution >= 0.6 is 0 Å². The summed E-state index contributed by atoms with van der Waals surface area (Å²) in [5.74, 6) is 0.575. The molecule has 1 N–H and O–H groups in total. The van der Waals surface area contributed by atoms with Gasteiger partial charge in [-0.2, -0.15) is 0 Å². The van der Waals surface area contributed by atoms with Crippen LogP contribution in [0.4, 0.5) is 4.79 Å². The van der Waals surface area contributed by atoms with E-state index in [1.54, 1.807) is 0 Å². The van der Waals surface area contributed by atoms with E-state index < -0.39 is 5.60 Å². The number of ether oxygens (including phenoxy) is 1. The van der Waals surface area contributed by atoms with Crippen molar-refractivity contribution in [1.82, 2.24) is 9.80 Å². The Balaban J connectivity index is 0.00000110. The molecule has 0 saturated carbocycles. The summed E-state index contributed by atoms with van der Waals surface area (Å²) < 4.78 is 5.40. The molecular weight excluding hydrogens is 260 g/mol. The van der Waals surface area contributed by atoms with Gasteiger partial charge in [0.05, 0.1) is 0 Å². The van der Waals surface area contributed by atoms with Crippen molar-refractivity contribution in [3.63, 3.8) is 0 Å². The van der Waals surface area contributed by atoms with E-state index in [9.17, 15) is 4.79 Å². The first kappa shape index (κ1) is 18.7. The number of carbonyl (C=O) groups excluding carboxylic acids is 1. The average Bonchev–Trinajstić information content (AvgIpc) is 2.27. The molecule has 1 fully saturated rings. The second kappa shape index (κ2) is 8.79. The summed E-state index contributed by atoms with van der Waals surface area (Å²) in [4.78, 5) is 24.3. The zero-order chi connectivity index (χ0) is 15.8. The van der Waals surface area contributed by atoms with Crippen LogP contribution in [0.25, 0.3) is 0 Å². The molecule has 0 aromatic rings. The van der Waals surface area contributed by atoms with E-state index in [1.165, 1.54) is 6.42 Å². The van der Waals surface area contributed by atoms with Crippen molar-refractivity contribution in [1.29, 1.82) is 0 Å². The van der Waals surface area contributed by atoms with Crippen LogP contribution in [0.5, 0.6) is 0 Å². The van der Waals surface area contributed by atoms with Crippen molar-refractivity contribution in [3.05, 3.63) is 0 Å². The van der Waals surface area contributed by atoms with Crippen molar-refractivity contribution >= 4 is 12.6 Å². The van der Waals surface area contributed by atoms with Crippen molar-refractivity contribution in [2.24, 2.45) is 5.92 Å². The maximum atomic E-state index is 11.9. The number of carboxylic acid groups (broad SMARTS) is 1. The molecule has 0 aromatic heterocycles. The Bertz CT molecular complexity index is 300. The van der Waals surface area contributed by atoms with Gasteiger partial charge in [0.15, 0.2) is 0 Å². The molecule has 118 valence electrons. The highest BCUT2D eigenvalue weighted by Crippen LogP contribution is 2.19. The predicted octanol–water partition coefficient (Wildman–Crippen LogP) is 1.90. The van der Waals surface area contributed by atoms with Gasteiger partial charge in [-0.05, 0) is 53.6 Å². The first-order valence-electron chi connectivity index (χ1n) is 6.90.